The Kier molecular flexibility index (Phi) is 34.4. The van der Waals surface area contributed by atoms with Crippen LogP contribution in [0.15, 0.2) is 18.5 Å². The summed E-state index contributed by atoms with van der Waals surface area (Å²) in [5, 5.41) is 29.2. The van der Waals surface area contributed by atoms with Gasteiger partial charge in [-0.25, -0.2) is 0 Å². The number of allylic oxidation sites excluding steroid dienone is 2. The molecular weight excluding hydrogens is 1150 g/mol. The van der Waals surface area contributed by atoms with E-state index in [4.69, 9.17) is 4.74 Å². The van der Waals surface area contributed by atoms with Gasteiger partial charge >= 0.3 is 0 Å². The van der Waals surface area contributed by atoms with Gasteiger partial charge in [0.1, 0.15) is 12.1 Å². The van der Waals surface area contributed by atoms with Crippen molar-refractivity contribution in [2.45, 2.75) is 249 Å². The number of carbonyl (C=O) groups excluding carboxylic acids is 11. The quantitative estimate of drug-likeness (QED) is 0.0908. The first-order chi connectivity index (χ1) is 42.0. The standard InChI is InChI=1S/C67H114N10O13/c1-21-23-26-44(13)62(84)50-37-57(81)60(43(11)12)76(20)66(88)48(31-39(3)4)35-56(80)53(33-41(7)8)73(17)65(87)46(15)70-63(85)45(14)34-55(79)52(32-40(5)6)74(18)67(89)49(42(9)10)36-58(82)61(47(16)90-30-25-24-29-77-69-38-68-72-77)75(19)59(83)28-27-54(78)51(22-2)71-64(50)86/h21,23,38-53,60-62,84H,22,24-37H2,1-20H3,(H,70,85)(H,71,86)/b23-21+/t44-,45-,46-,47-,48-,49+,50+,51+,52+,53+,60+,61+,62-/m1/s1. The van der Waals surface area contributed by atoms with Gasteiger partial charge in [-0.05, 0) is 106 Å². The van der Waals surface area contributed by atoms with Crippen molar-refractivity contribution in [2.75, 3.05) is 34.8 Å². The highest BCUT2D eigenvalue weighted by Crippen LogP contribution is 2.30. The molecule has 23 heteroatoms. The molecule has 1 aliphatic heterocycles. The Morgan fingerprint density at radius 1 is 0.611 bits per heavy atom. The van der Waals surface area contributed by atoms with Crippen LogP contribution in [0.3, 0.4) is 0 Å². The summed E-state index contributed by atoms with van der Waals surface area (Å²) < 4.78 is 6.25. The second-order valence-electron chi connectivity index (χ2n) is 27.4. The fourth-order valence-corrected chi connectivity index (χ4v) is 12.2. The van der Waals surface area contributed by atoms with Gasteiger partial charge in [-0.3, -0.25) is 52.7 Å². The van der Waals surface area contributed by atoms with Gasteiger partial charge in [0.05, 0.1) is 48.8 Å². The van der Waals surface area contributed by atoms with Crippen LogP contribution >= 0.6 is 0 Å². The Balaban J connectivity index is 2.88. The summed E-state index contributed by atoms with van der Waals surface area (Å²) in [5.74, 6) is -12.0. The number of ketones is 5. The molecular formula is C67H114N10O13. The zero-order chi connectivity index (χ0) is 68.6. The number of Topliss-reactive ketones (excluding diaryl/α,β-unsaturated/α-hetero) is 5. The summed E-state index contributed by atoms with van der Waals surface area (Å²) in [5.41, 5.74) is 0. The highest BCUT2D eigenvalue weighted by molar-refractivity contribution is 5.99. The van der Waals surface area contributed by atoms with Crippen LogP contribution in [-0.2, 0) is 64.0 Å². The first kappa shape index (κ1) is 80.0. The van der Waals surface area contributed by atoms with Crippen LogP contribution < -0.4 is 10.6 Å². The summed E-state index contributed by atoms with van der Waals surface area (Å²) in [6, 6.07) is -6.71. The van der Waals surface area contributed by atoms with Gasteiger partial charge in [-0.2, -0.15) is 4.80 Å². The molecule has 0 radical (unpaired) electrons. The van der Waals surface area contributed by atoms with Gasteiger partial charge in [-0.1, -0.05) is 102 Å². The number of nitrogens with one attached hydrogen (secondary N) is 2. The lowest BCUT2D eigenvalue weighted by Gasteiger charge is -2.36. The van der Waals surface area contributed by atoms with Crippen LogP contribution in [0.25, 0.3) is 0 Å². The topological polar surface area (TPSA) is 298 Å². The Morgan fingerprint density at radius 2 is 1.17 bits per heavy atom. The van der Waals surface area contributed by atoms with Crippen LogP contribution in [0.5, 0.6) is 0 Å². The molecule has 1 aromatic rings. The molecule has 0 spiro atoms. The van der Waals surface area contributed by atoms with E-state index in [1.165, 1.54) is 65.8 Å². The summed E-state index contributed by atoms with van der Waals surface area (Å²) >= 11 is 0. The van der Waals surface area contributed by atoms with Crippen molar-refractivity contribution in [1.82, 2.24) is 50.4 Å². The van der Waals surface area contributed by atoms with Gasteiger partial charge in [0.25, 0.3) is 0 Å². The number of unbranched alkanes of at least 4 members (excludes halogenated alkanes) is 1. The molecule has 6 amide bonds. The highest BCUT2D eigenvalue weighted by atomic mass is 16.5. The van der Waals surface area contributed by atoms with E-state index in [1.54, 1.807) is 61.5 Å². The van der Waals surface area contributed by atoms with Crippen molar-refractivity contribution in [3.05, 3.63) is 18.5 Å². The average Bonchev–Trinajstić information content (AvgIpc) is 1.13. The minimum absolute atomic E-state index is 0.0813. The van der Waals surface area contributed by atoms with Crippen molar-refractivity contribution < 1.29 is 62.6 Å². The molecule has 1 aliphatic rings. The normalized spacial score (nSPS) is 26.4. The number of ether oxygens (including phenoxy) is 1. The monoisotopic (exact) mass is 1270 g/mol. The third kappa shape index (κ3) is 24.5. The summed E-state index contributed by atoms with van der Waals surface area (Å²) in [6.07, 6.45) is 2.71. The van der Waals surface area contributed by atoms with E-state index in [-0.39, 0.29) is 82.1 Å². The second kappa shape index (κ2) is 38.7. The minimum atomic E-state index is -1.39. The number of tetrazole rings is 1. The van der Waals surface area contributed by atoms with E-state index >= 15 is 0 Å². The van der Waals surface area contributed by atoms with Crippen LogP contribution in [0.4, 0.5) is 0 Å². The summed E-state index contributed by atoms with van der Waals surface area (Å²) in [7, 11) is 5.90. The fraction of sp³-hybridized carbons (Fsp3) is 0.791. The van der Waals surface area contributed by atoms with Crippen molar-refractivity contribution in [2.24, 2.45) is 59.2 Å². The Labute approximate surface area is 537 Å². The van der Waals surface area contributed by atoms with E-state index in [0.717, 1.165) is 0 Å². The number of hydrogen-bond donors (Lipinski definition) is 3. The zero-order valence-corrected chi connectivity index (χ0v) is 58.2. The average molecular weight is 1270 g/mol. The SMILES string of the molecule is C/C=C/C[C@@H](C)[C@@H](O)[C@@H]1CC(=O)[C@H](C(C)C)N(C)C(=O)[C@H](CC(C)C)CC(=O)[C@H](CC(C)C)N(C)C(=O)[C@@H](C)NC(=O)[C@H](C)CC(=O)[C@H](CC(C)C)N(C)C(=O)[C@H](C(C)C)CC(=O)[C@H]([C@@H](C)OCCCCn2ncnn2)N(C)C(=O)CCC(=O)[C@H](CC)NC1=O. The van der Waals surface area contributed by atoms with Crippen molar-refractivity contribution in [3.8, 4) is 0 Å². The minimum Gasteiger partial charge on any atom is -0.392 e. The molecule has 1 aromatic heterocycles. The van der Waals surface area contributed by atoms with Crippen LogP contribution in [0, 0.1) is 59.2 Å². The second-order valence-corrected chi connectivity index (χ2v) is 27.4. The maximum absolute atomic E-state index is 14.9. The maximum Gasteiger partial charge on any atom is 0.245 e. The van der Waals surface area contributed by atoms with Crippen molar-refractivity contribution >= 4 is 64.4 Å². The van der Waals surface area contributed by atoms with E-state index in [9.17, 15) is 57.8 Å². The molecule has 1 fully saturated rings. The Morgan fingerprint density at radius 3 is 1.69 bits per heavy atom. The largest absolute Gasteiger partial charge is 0.392 e. The Bertz CT molecular complexity index is 2550. The lowest BCUT2D eigenvalue weighted by Crippen LogP contribution is -2.53. The van der Waals surface area contributed by atoms with Gasteiger partial charge in [0, 0.05) is 91.1 Å². The van der Waals surface area contributed by atoms with E-state index in [2.05, 4.69) is 26.0 Å². The molecule has 3 N–H and O–H groups in total. The third-order valence-corrected chi connectivity index (χ3v) is 17.6. The molecule has 23 nitrogen and oxygen atoms in total. The molecule has 2 heterocycles. The number of rotatable bonds is 20. The van der Waals surface area contributed by atoms with Crippen LogP contribution in [-0.4, -0.2) is 193 Å². The fourth-order valence-electron chi connectivity index (χ4n) is 12.2. The zero-order valence-electron chi connectivity index (χ0n) is 58.2. The molecule has 1 saturated heterocycles. The van der Waals surface area contributed by atoms with Crippen LogP contribution in [0.1, 0.15) is 194 Å². The highest BCUT2D eigenvalue weighted by Gasteiger charge is 2.43. The van der Waals surface area contributed by atoms with Crippen LogP contribution in [0.2, 0.25) is 0 Å². The predicted octanol–water partition coefficient (Wildman–Crippen LogP) is 6.66. The first-order valence-electron chi connectivity index (χ1n) is 32.9. The number of carbonyl (C=O) groups is 11. The lowest BCUT2D eigenvalue weighted by molar-refractivity contribution is -0.148. The first-order valence-corrected chi connectivity index (χ1v) is 32.9. The number of nitrogens with zero attached hydrogens (tertiary/aromatic N) is 8. The Hall–Kier alpha value is -6.10. The third-order valence-electron chi connectivity index (χ3n) is 17.6. The molecule has 0 unspecified atom stereocenters. The molecule has 0 aromatic carbocycles. The molecule has 510 valence electrons. The lowest BCUT2D eigenvalue weighted by atomic mass is 9.82. The predicted molar refractivity (Wildman–Crippen MR) is 344 cm³/mol. The van der Waals surface area contributed by atoms with Crippen molar-refractivity contribution in [3.63, 3.8) is 0 Å². The van der Waals surface area contributed by atoms with Gasteiger partial charge in [0.2, 0.25) is 35.4 Å². The summed E-state index contributed by atoms with van der Waals surface area (Å²) in [4.78, 5) is 167. The molecule has 0 aliphatic carbocycles. The molecule has 0 saturated carbocycles. The summed E-state index contributed by atoms with van der Waals surface area (Å²) in [6.45, 7) is 29.0. The van der Waals surface area contributed by atoms with Gasteiger partial charge in [0.15, 0.2) is 35.2 Å². The molecule has 2 rings (SSSR count). The number of amides is 6. The number of aliphatic hydroxyl groups excluding tert-OH is 1. The number of aromatic nitrogens is 4. The molecule has 90 heavy (non-hydrogen) atoms. The number of aryl methyl sites for hydroxylation is 1. The molecule has 0 bridgehead atoms. The number of likely N-dealkylation sites (N-methyl/N-ethyl adjacent to an activating group) is 4. The van der Waals surface area contributed by atoms with Gasteiger partial charge in [-0.15, -0.1) is 10.2 Å². The van der Waals surface area contributed by atoms with E-state index in [0.29, 0.717) is 25.8 Å². The van der Waals surface area contributed by atoms with Crippen molar-refractivity contribution in [1.29, 1.82) is 0 Å². The van der Waals surface area contributed by atoms with E-state index < -0.39 is 161 Å². The number of aliphatic hydroxyl groups is 1. The maximum atomic E-state index is 14.9. The number of hydrogen-bond acceptors (Lipinski definition) is 16. The molecule has 13 atom stereocenters. The van der Waals surface area contributed by atoms with Gasteiger partial charge < -0.3 is 40.1 Å². The smallest absolute Gasteiger partial charge is 0.245 e. The van der Waals surface area contributed by atoms with E-state index in [1.807, 2.05) is 54.5 Å².